The van der Waals surface area contributed by atoms with Gasteiger partial charge in [0, 0.05) is 25.2 Å². The maximum absolute atomic E-state index is 11.1. The Morgan fingerprint density at radius 2 is 2.04 bits per heavy atom. The van der Waals surface area contributed by atoms with Crippen LogP contribution in [-0.2, 0) is 4.79 Å². The van der Waals surface area contributed by atoms with Crippen molar-refractivity contribution in [2.75, 3.05) is 18.1 Å². The number of ether oxygens (including phenoxy) is 1. The van der Waals surface area contributed by atoms with Crippen LogP contribution in [0.15, 0.2) is 42.9 Å². The molecule has 0 aliphatic rings. The molecule has 0 bridgehead atoms. The minimum absolute atomic E-state index is 0.332. The zero-order chi connectivity index (χ0) is 20.0. The van der Waals surface area contributed by atoms with E-state index in [1.54, 1.807) is 17.9 Å². The van der Waals surface area contributed by atoms with E-state index in [0.29, 0.717) is 13.0 Å². The van der Waals surface area contributed by atoms with Crippen molar-refractivity contribution in [2.24, 2.45) is 0 Å². The number of aromatic nitrogens is 2. The van der Waals surface area contributed by atoms with Gasteiger partial charge in [0.05, 0.1) is 24.7 Å². The van der Waals surface area contributed by atoms with Gasteiger partial charge >= 0.3 is 0 Å². The van der Waals surface area contributed by atoms with E-state index in [1.165, 1.54) is 0 Å². The normalized spacial score (nSPS) is 10.5. The smallest absolute Gasteiger partial charge is 0.243 e. The van der Waals surface area contributed by atoms with Gasteiger partial charge in [0.2, 0.25) is 5.91 Å². The fourth-order valence-electron chi connectivity index (χ4n) is 2.82. The Morgan fingerprint density at radius 1 is 1.18 bits per heavy atom. The third kappa shape index (κ3) is 7.52. The van der Waals surface area contributed by atoms with Crippen molar-refractivity contribution in [3.8, 4) is 5.75 Å². The molecule has 7 nitrogen and oxygen atoms in total. The number of hydrogen-bond donors (Lipinski definition) is 2. The van der Waals surface area contributed by atoms with Crippen LogP contribution < -0.4 is 15.1 Å². The summed E-state index contributed by atoms with van der Waals surface area (Å²) in [5.41, 5.74) is 2.62. The highest BCUT2D eigenvalue weighted by molar-refractivity contribution is 5.74. The number of carbonyl (C=O) groups is 1. The number of hydroxylamine groups is 1. The number of pyridine rings is 2. The minimum atomic E-state index is -0.332. The van der Waals surface area contributed by atoms with Gasteiger partial charge in [0.25, 0.3) is 0 Å². The standard InChI is InChI=1S/C21H30N4O3/c1-2-3-14-28-19-15-18(16-22-17-19)25(20-10-7-8-12-23-20)13-9-5-4-6-11-21(26)24-27/h7-8,10,12,15-17,27H,2-6,9,11,13-14H2,1H3,(H,24,26). The lowest BCUT2D eigenvalue weighted by molar-refractivity contribution is -0.129. The molecule has 0 saturated heterocycles. The van der Waals surface area contributed by atoms with Crippen molar-refractivity contribution in [1.82, 2.24) is 15.4 Å². The van der Waals surface area contributed by atoms with Crippen molar-refractivity contribution >= 4 is 17.4 Å². The van der Waals surface area contributed by atoms with Crippen LogP contribution >= 0.6 is 0 Å². The first kappa shape index (κ1) is 21.6. The highest BCUT2D eigenvalue weighted by Crippen LogP contribution is 2.26. The molecule has 2 aromatic heterocycles. The van der Waals surface area contributed by atoms with Crippen LogP contribution in [0.5, 0.6) is 5.75 Å². The van der Waals surface area contributed by atoms with Crippen LogP contribution in [0.2, 0.25) is 0 Å². The topological polar surface area (TPSA) is 87.6 Å². The molecule has 2 heterocycles. The number of unbranched alkanes of at least 4 members (excludes halogenated alkanes) is 4. The van der Waals surface area contributed by atoms with Crippen LogP contribution in [-0.4, -0.2) is 34.2 Å². The van der Waals surface area contributed by atoms with Gasteiger partial charge in [-0.05, 0) is 31.4 Å². The van der Waals surface area contributed by atoms with E-state index < -0.39 is 0 Å². The summed E-state index contributed by atoms with van der Waals surface area (Å²) in [6.07, 6.45) is 11.4. The lowest BCUT2D eigenvalue weighted by Crippen LogP contribution is -2.20. The second-order valence-electron chi connectivity index (χ2n) is 6.62. The number of nitrogens with zero attached hydrogens (tertiary/aromatic N) is 3. The van der Waals surface area contributed by atoms with Crippen LogP contribution in [0, 0.1) is 0 Å². The van der Waals surface area contributed by atoms with Gasteiger partial charge in [-0.15, -0.1) is 0 Å². The molecule has 0 atom stereocenters. The molecule has 0 aromatic carbocycles. The molecule has 0 saturated carbocycles. The first-order chi connectivity index (χ1) is 13.7. The molecular formula is C21H30N4O3. The summed E-state index contributed by atoms with van der Waals surface area (Å²) in [5, 5.41) is 8.52. The number of amides is 1. The van der Waals surface area contributed by atoms with Gasteiger partial charge in [-0.1, -0.05) is 32.3 Å². The fourth-order valence-corrected chi connectivity index (χ4v) is 2.82. The number of carbonyl (C=O) groups excluding carboxylic acids is 1. The molecule has 0 unspecified atom stereocenters. The molecule has 1 amide bonds. The monoisotopic (exact) mass is 386 g/mol. The number of rotatable bonds is 13. The van der Waals surface area contributed by atoms with Crippen molar-refractivity contribution < 1.29 is 14.7 Å². The molecule has 2 rings (SSSR count). The zero-order valence-electron chi connectivity index (χ0n) is 16.5. The molecule has 2 aromatic rings. The lowest BCUT2D eigenvalue weighted by atomic mass is 10.1. The average Bonchev–Trinajstić information content (AvgIpc) is 2.74. The largest absolute Gasteiger partial charge is 0.492 e. The first-order valence-corrected chi connectivity index (χ1v) is 9.94. The van der Waals surface area contributed by atoms with E-state index >= 15 is 0 Å². The van der Waals surface area contributed by atoms with Crippen molar-refractivity contribution in [1.29, 1.82) is 0 Å². The van der Waals surface area contributed by atoms with Gasteiger partial charge in [-0.3, -0.25) is 15.0 Å². The summed E-state index contributed by atoms with van der Waals surface area (Å²) in [7, 11) is 0. The predicted molar refractivity (Wildman–Crippen MR) is 109 cm³/mol. The molecule has 0 aliphatic heterocycles. The number of anilines is 2. The summed E-state index contributed by atoms with van der Waals surface area (Å²) in [4.78, 5) is 22.0. The Morgan fingerprint density at radius 3 is 2.79 bits per heavy atom. The van der Waals surface area contributed by atoms with Gasteiger partial charge in [-0.2, -0.15) is 0 Å². The van der Waals surface area contributed by atoms with E-state index in [-0.39, 0.29) is 5.91 Å². The average molecular weight is 386 g/mol. The summed E-state index contributed by atoms with van der Waals surface area (Å²) in [5.74, 6) is 1.30. The maximum Gasteiger partial charge on any atom is 0.243 e. The highest BCUT2D eigenvalue weighted by atomic mass is 16.5. The van der Waals surface area contributed by atoms with E-state index in [9.17, 15) is 4.79 Å². The van der Waals surface area contributed by atoms with E-state index in [4.69, 9.17) is 9.94 Å². The van der Waals surface area contributed by atoms with Crippen LogP contribution in [0.4, 0.5) is 11.5 Å². The second-order valence-corrected chi connectivity index (χ2v) is 6.62. The lowest BCUT2D eigenvalue weighted by Gasteiger charge is -2.24. The summed E-state index contributed by atoms with van der Waals surface area (Å²) >= 11 is 0. The van der Waals surface area contributed by atoms with E-state index in [2.05, 4.69) is 21.8 Å². The maximum atomic E-state index is 11.1. The molecule has 152 valence electrons. The Bertz CT molecular complexity index is 697. The van der Waals surface area contributed by atoms with Crippen molar-refractivity contribution in [3.63, 3.8) is 0 Å². The molecule has 2 N–H and O–H groups in total. The Kier molecular flexibility index (Phi) is 9.79. The quantitative estimate of drug-likeness (QED) is 0.304. The summed E-state index contributed by atoms with van der Waals surface area (Å²) in [6, 6.07) is 7.85. The SMILES string of the molecule is CCCCOc1cncc(N(CCCCCCC(=O)NO)c2ccccn2)c1. The number of nitrogens with one attached hydrogen (secondary N) is 1. The molecule has 0 spiro atoms. The van der Waals surface area contributed by atoms with Gasteiger partial charge < -0.3 is 9.64 Å². The highest BCUT2D eigenvalue weighted by Gasteiger charge is 2.12. The van der Waals surface area contributed by atoms with Crippen molar-refractivity contribution in [3.05, 3.63) is 42.9 Å². The fraction of sp³-hybridized carbons (Fsp3) is 0.476. The zero-order valence-corrected chi connectivity index (χ0v) is 16.5. The molecule has 0 radical (unpaired) electrons. The Balaban J connectivity index is 1.97. The molecule has 0 fully saturated rings. The van der Waals surface area contributed by atoms with Crippen LogP contribution in [0.25, 0.3) is 0 Å². The van der Waals surface area contributed by atoms with E-state index in [0.717, 1.165) is 62.3 Å². The second kappa shape index (κ2) is 12.7. The third-order valence-electron chi connectivity index (χ3n) is 4.36. The van der Waals surface area contributed by atoms with Gasteiger partial charge in [-0.25, -0.2) is 10.5 Å². The van der Waals surface area contributed by atoms with Gasteiger partial charge in [0.15, 0.2) is 0 Å². The molecule has 7 heteroatoms. The molecule has 0 aliphatic carbocycles. The summed E-state index contributed by atoms with van der Waals surface area (Å²) < 4.78 is 5.80. The first-order valence-electron chi connectivity index (χ1n) is 9.94. The van der Waals surface area contributed by atoms with Crippen molar-refractivity contribution in [2.45, 2.75) is 51.9 Å². The van der Waals surface area contributed by atoms with E-state index in [1.807, 2.05) is 30.5 Å². The van der Waals surface area contributed by atoms with Crippen LogP contribution in [0.1, 0.15) is 51.9 Å². The predicted octanol–water partition coefficient (Wildman–Crippen LogP) is 4.25. The third-order valence-corrected chi connectivity index (χ3v) is 4.36. The minimum Gasteiger partial charge on any atom is -0.492 e. The summed E-state index contributed by atoms with van der Waals surface area (Å²) in [6.45, 7) is 3.62. The van der Waals surface area contributed by atoms with Gasteiger partial charge in [0.1, 0.15) is 11.6 Å². The Labute approximate surface area is 166 Å². The van der Waals surface area contributed by atoms with Crippen LogP contribution in [0.3, 0.4) is 0 Å². The number of hydrogen-bond acceptors (Lipinski definition) is 6. The molecule has 28 heavy (non-hydrogen) atoms. The Hall–Kier alpha value is -2.67. The molecular weight excluding hydrogens is 356 g/mol.